The van der Waals surface area contributed by atoms with E-state index in [1.807, 2.05) is 0 Å². The lowest BCUT2D eigenvalue weighted by molar-refractivity contribution is -0.0653. The van der Waals surface area contributed by atoms with Crippen LogP contribution in [0.2, 0.25) is 0 Å². The van der Waals surface area contributed by atoms with E-state index in [9.17, 15) is 0 Å². The summed E-state index contributed by atoms with van der Waals surface area (Å²) in [5.41, 5.74) is 0. The summed E-state index contributed by atoms with van der Waals surface area (Å²) in [6.07, 6.45) is 11.0. The van der Waals surface area contributed by atoms with Gasteiger partial charge in [0.1, 0.15) is 0 Å². The zero-order valence-electron chi connectivity index (χ0n) is 11.2. The predicted octanol–water partition coefficient (Wildman–Crippen LogP) is 4.41. The third kappa shape index (κ3) is 3.00. The van der Waals surface area contributed by atoms with Crippen LogP contribution in [-0.4, -0.2) is 12.2 Å². The Morgan fingerprint density at radius 3 is 2.25 bits per heavy atom. The third-order valence-electron chi connectivity index (χ3n) is 4.84. The lowest BCUT2D eigenvalue weighted by Gasteiger charge is -2.40. The molecule has 94 valence electrons. The number of hydrogen-bond donors (Lipinski definition) is 0. The number of fused-ring (bicyclic) bond motifs is 1. The van der Waals surface area contributed by atoms with Crippen LogP contribution in [-0.2, 0) is 4.74 Å². The first-order chi connectivity index (χ1) is 7.66. The summed E-state index contributed by atoms with van der Waals surface area (Å²) >= 11 is 0. The largest absolute Gasteiger partial charge is 0.375 e. The average Bonchev–Trinajstić information content (AvgIpc) is 2.28. The average molecular weight is 224 g/mol. The van der Waals surface area contributed by atoms with Crippen LogP contribution in [0.1, 0.15) is 65.7 Å². The third-order valence-corrected chi connectivity index (χ3v) is 4.84. The summed E-state index contributed by atoms with van der Waals surface area (Å²) in [4.78, 5) is 0. The molecule has 0 heterocycles. The van der Waals surface area contributed by atoms with Gasteiger partial charge in [-0.2, -0.15) is 0 Å². The molecule has 0 radical (unpaired) electrons. The van der Waals surface area contributed by atoms with E-state index in [4.69, 9.17) is 4.74 Å². The van der Waals surface area contributed by atoms with E-state index in [-0.39, 0.29) is 0 Å². The van der Waals surface area contributed by atoms with E-state index in [2.05, 4.69) is 20.8 Å². The van der Waals surface area contributed by atoms with Crippen molar-refractivity contribution in [3.8, 4) is 0 Å². The maximum Gasteiger partial charge on any atom is 0.0581 e. The van der Waals surface area contributed by atoms with Crippen LogP contribution in [0.3, 0.4) is 0 Å². The highest BCUT2D eigenvalue weighted by atomic mass is 16.5. The molecule has 2 aliphatic carbocycles. The molecule has 1 heteroatoms. The van der Waals surface area contributed by atoms with Crippen molar-refractivity contribution < 1.29 is 4.74 Å². The first kappa shape index (κ1) is 12.4. The molecular weight excluding hydrogens is 196 g/mol. The summed E-state index contributed by atoms with van der Waals surface area (Å²) in [6.45, 7) is 6.76. The monoisotopic (exact) mass is 224 g/mol. The second-order valence-electron chi connectivity index (χ2n) is 6.32. The summed E-state index contributed by atoms with van der Waals surface area (Å²) < 4.78 is 6.20. The summed E-state index contributed by atoms with van der Waals surface area (Å²) in [7, 11) is 0. The molecule has 0 aliphatic heterocycles. The predicted molar refractivity (Wildman–Crippen MR) is 68.5 cm³/mol. The Morgan fingerprint density at radius 1 is 0.875 bits per heavy atom. The maximum atomic E-state index is 6.20. The lowest BCUT2D eigenvalue weighted by Crippen LogP contribution is -2.34. The van der Waals surface area contributed by atoms with E-state index < -0.39 is 0 Å². The first-order valence-corrected chi connectivity index (χ1v) is 7.32. The second-order valence-corrected chi connectivity index (χ2v) is 6.32. The Balaban J connectivity index is 1.80. The van der Waals surface area contributed by atoms with Gasteiger partial charge in [-0.05, 0) is 43.9 Å². The van der Waals surface area contributed by atoms with Gasteiger partial charge in [-0.15, -0.1) is 0 Å². The van der Waals surface area contributed by atoms with Gasteiger partial charge < -0.3 is 4.74 Å². The zero-order valence-corrected chi connectivity index (χ0v) is 11.2. The minimum atomic E-state index is 0.435. The maximum absolute atomic E-state index is 6.20. The summed E-state index contributed by atoms with van der Waals surface area (Å²) in [6, 6.07) is 0. The molecule has 0 aromatic rings. The molecule has 2 fully saturated rings. The van der Waals surface area contributed by atoms with Crippen molar-refractivity contribution in [2.24, 2.45) is 17.8 Å². The van der Waals surface area contributed by atoms with Gasteiger partial charge in [0, 0.05) is 0 Å². The number of hydrogen-bond acceptors (Lipinski definition) is 1. The van der Waals surface area contributed by atoms with Crippen LogP contribution in [0.5, 0.6) is 0 Å². The Morgan fingerprint density at radius 2 is 1.56 bits per heavy atom. The van der Waals surface area contributed by atoms with Gasteiger partial charge in [-0.3, -0.25) is 0 Å². The van der Waals surface area contributed by atoms with E-state index >= 15 is 0 Å². The molecular formula is C15H28O. The van der Waals surface area contributed by atoms with Gasteiger partial charge in [0.15, 0.2) is 0 Å². The van der Waals surface area contributed by atoms with Gasteiger partial charge in [0.05, 0.1) is 12.2 Å². The SMILES string of the molecule is CC(C)C(C)OC1CCC2CCCCC2C1. The Kier molecular flexibility index (Phi) is 4.29. The Bertz CT molecular complexity index is 211. The molecule has 0 N–H and O–H groups in total. The topological polar surface area (TPSA) is 9.23 Å². The molecule has 2 aliphatic rings. The van der Waals surface area contributed by atoms with Gasteiger partial charge in [0.25, 0.3) is 0 Å². The molecule has 0 bridgehead atoms. The van der Waals surface area contributed by atoms with Gasteiger partial charge in [-0.25, -0.2) is 0 Å². The molecule has 0 aromatic heterocycles. The standard InChI is InChI=1S/C15H28O/c1-11(2)12(3)16-15-9-8-13-6-4-5-7-14(13)10-15/h11-15H,4-10H2,1-3H3. The molecule has 4 unspecified atom stereocenters. The molecule has 0 saturated heterocycles. The van der Waals surface area contributed by atoms with Gasteiger partial charge >= 0.3 is 0 Å². The van der Waals surface area contributed by atoms with E-state index in [1.54, 1.807) is 0 Å². The van der Waals surface area contributed by atoms with Crippen molar-refractivity contribution in [3.63, 3.8) is 0 Å². The minimum absolute atomic E-state index is 0.435. The van der Waals surface area contributed by atoms with Crippen LogP contribution in [0.15, 0.2) is 0 Å². The van der Waals surface area contributed by atoms with Crippen molar-refractivity contribution in [1.82, 2.24) is 0 Å². The van der Waals surface area contributed by atoms with Gasteiger partial charge in [-0.1, -0.05) is 39.5 Å². The summed E-state index contributed by atoms with van der Waals surface area (Å²) in [5, 5.41) is 0. The molecule has 4 atom stereocenters. The first-order valence-electron chi connectivity index (χ1n) is 7.32. The molecule has 0 spiro atoms. The fraction of sp³-hybridized carbons (Fsp3) is 1.00. The number of rotatable bonds is 3. The molecule has 1 nitrogen and oxygen atoms in total. The molecule has 2 rings (SSSR count). The van der Waals surface area contributed by atoms with Crippen molar-refractivity contribution in [1.29, 1.82) is 0 Å². The highest BCUT2D eigenvalue weighted by Gasteiger charge is 2.33. The quantitative estimate of drug-likeness (QED) is 0.690. The highest BCUT2D eigenvalue weighted by Crippen LogP contribution is 2.41. The fourth-order valence-corrected chi connectivity index (χ4v) is 3.41. The second kappa shape index (κ2) is 5.53. The van der Waals surface area contributed by atoms with Crippen LogP contribution in [0.25, 0.3) is 0 Å². The molecule has 16 heavy (non-hydrogen) atoms. The van der Waals surface area contributed by atoms with Crippen LogP contribution >= 0.6 is 0 Å². The number of ether oxygens (including phenoxy) is 1. The van der Waals surface area contributed by atoms with E-state index in [0.29, 0.717) is 18.1 Å². The van der Waals surface area contributed by atoms with E-state index in [1.165, 1.54) is 44.9 Å². The van der Waals surface area contributed by atoms with Crippen LogP contribution < -0.4 is 0 Å². The summed E-state index contributed by atoms with van der Waals surface area (Å²) in [5.74, 6) is 2.69. The lowest BCUT2D eigenvalue weighted by atomic mass is 9.70. The molecule has 0 aromatic carbocycles. The van der Waals surface area contributed by atoms with Crippen LogP contribution in [0.4, 0.5) is 0 Å². The Hall–Kier alpha value is -0.0400. The van der Waals surface area contributed by atoms with Crippen molar-refractivity contribution >= 4 is 0 Å². The van der Waals surface area contributed by atoms with Crippen molar-refractivity contribution in [2.75, 3.05) is 0 Å². The normalized spacial score (nSPS) is 37.1. The zero-order chi connectivity index (χ0) is 11.5. The molecule has 0 amide bonds. The van der Waals surface area contributed by atoms with Crippen LogP contribution in [0, 0.1) is 17.8 Å². The van der Waals surface area contributed by atoms with Crippen molar-refractivity contribution in [3.05, 3.63) is 0 Å². The van der Waals surface area contributed by atoms with Crippen molar-refractivity contribution in [2.45, 2.75) is 77.9 Å². The fourth-order valence-electron chi connectivity index (χ4n) is 3.41. The molecule has 2 saturated carbocycles. The minimum Gasteiger partial charge on any atom is -0.375 e. The highest BCUT2D eigenvalue weighted by molar-refractivity contribution is 4.84. The van der Waals surface area contributed by atoms with Gasteiger partial charge in [0.2, 0.25) is 0 Å². The smallest absolute Gasteiger partial charge is 0.0581 e. The van der Waals surface area contributed by atoms with E-state index in [0.717, 1.165) is 11.8 Å². The Labute approximate surface area is 101 Å².